The molecule has 0 unspecified atom stereocenters. The van der Waals surface area contributed by atoms with Crippen LogP contribution in [-0.4, -0.2) is 9.97 Å². The summed E-state index contributed by atoms with van der Waals surface area (Å²) in [6.45, 7) is 1.87. The van der Waals surface area contributed by atoms with Crippen LogP contribution in [0.1, 0.15) is 5.56 Å². The van der Waals surface area contributed by atoms with E-state index in [1.807, 2.05) is 6.92 Å². The van der Waals surface area contributed by atoms with Gasteiger partial charge in [0.05, 0.1) is 4.47 Å². The summed E-state index contributed by atoms with van der Waals surface area (Å²) < 4.78 is 13.8. The molecule has 1 aromatic heterocycles. The number of nitrogens with two attached hydrogens (primary N) is 1. The topological polar surface area (TPSA) is 63.8 Å². The second kappa shape index (κ2) is 4.67. The molecule has 88 valence electrons. The summed E-state index contributed by atoms with van der Waals surface area (Å²) in [7, 11) is 0. The minimum Gasteiger partial charge on any atom is -0.384 e. The molecule has 0 bridgehead atoms. The van der Waals surface area contributed by atoms with Crippen LogP contribution < -0.4 is 11.1 Å². The molecule has 0 saturated heterocycles. The van der Waals surface area contributed by atoms with Crippen LogP contribution in [0, 0.1) is 12.7 Å². The number of hydrogen-bond donors (Lipinski definition) is 2. The molecule has 3 N–H and O–H groups in total. The van der Waals surface area contributed by atoms with Crippen LogP contribution in [-0.2, 0) is 0 Å². The Kier molecular flexibility index (Phi) is 3.23. The summed E-state index contributed by atoms with van der Waals surface area (Å²) in [5.74, 6) is 0.556. The van der Waals surface area contributed by atoms with Crippen LogP contribution in [0.3, 0.4) is 0 Å². The van der Waals surface area contributed by atoms with Gasteiger partial charge in [-0.2, -0.15) is 0 Å². The minimum atomic E-state index is -0.333. The predicted molar refractivity (Wildman–Crippen MR) is 68.6 cm³/mol. The molecule has 6 heteroatoms. The number of hydrogen-bond acceptors (Lipinski definition) is 4. The summed E-state index contributed by atoms with van der Waals surface area (Å²) in [5, 5.41) is 2.99. The largest absolute Gasteiger partial charge is 0.384 e. The Balaban J connectivity index is 2.33. The lowest BCUT2D eigenvalue weighted by atomic mass is 10.2. The Bertz CT molecular complexity index is 559. The predicted octanol–water partition coefficient (Wildman–Crippen LogP) is 3.01. The first kappa shape index (κ1) is 11.8. The normalized spacial score (nSPS) is 10.3. The van der Waals surface area contributed by atoms with Gasteiger partial charge in [0.2, 0.25) is 0 Å². The summed E-state index contributed by atoms with van der Waals surface area (Å²) in [4.78, 5) is 7.77. The number of aryl methyl sites for hydroxylation is 1. The number of nitrogens with one attached hydrogen (secondary N) is 1. The van der Waals surface area contributed by atoms with Gasteiger partial charge in [0, 0.05) is 11.8 Å². The number of aromatic nitrogens is 2. The van der Waals surface area contributed by atoms with Crippen molar-refractivity contribution in [1.82, 2.24) is 9.97 Å². The van der Waals surface area contributed by atoms with E-state index >= 15 is 0 Å². The quantitative estimate of drug-likeness (QED) is 0.894. The number of halogens is 2. The minimum absolute atomic E-state index is 0.333. The smallest absolute Gasteiger partial charge is 0.139 e. The zero-order valence-electron chi connectivity index (χ0n) is 9.04. The van der Waals surface area contributed by atoms with Crippen LogP contribution in [0.4, 0.5) is 21.7 Å². The maximum Gasteiger partial charge on any atom is 0.139 e. The molecule has 0 saturated carbocycles. The molecule has 2 aromatic rings. The molecule has 0 spiro atoms. The SMILES string of the molecule is Cc1cc(Br)c(F)cc1Nc1cc(N)ncn1. The van der Waals surface area contributed by atoms with Crippen molar-refractivity contribution in [1.29, 1.82) is 0 Å². The van der Waals surface area contributed by atoms with Crippen molar-refractivity contribution in [2.45, 2.75) is 6.92 Å². The molecule has 17 heavy (non-hydrogen) atoms. The van der Waals surface area contributed by atoms with Crippen LogP contribution in [0.15, 0.2) is 29.0 Å². The van der Waals surface area contributed by atoms with Gasteiger partial charge in [-0.3, -0.25) is 0 Å². The number of nitrogens with zero attached hydrogens (tertiary/aromatic N) is 2. The van der Waals surface area contributed by atoms with Crippen molar-refractivity contribution in [3.63, 3.8) is 0 Å². The Morgan fingerprint density at radius 1 is 1.29 bits per heavy atom. The lowest BCUT2D eigenvalue weighted by molar-refractivity contribution is 0.621. The molecule has 0 fully saturated rings. The first-order valence-corrected chi connectivity index (χ1v) is 5.66. The Hall–Kier alpha value is -1.69. The van der Waals surface area contributed by atoms with E-state index in [0.29, 0.717) is 21.8 Å². The summed E-state index contributed by atoms with van der Waals surface area (Å²) >= 11 is 3.13. The zero-order chi connectivity index (χ0) is 12.4. The summed E-state index contributed by atoms with van der Waals surface area (Å²) in [6, 6.07) is 4.68. The third kappa shape index (κ3) is 2.71. The number of anilines is 3. The molecule has 0 aliphatic heterocycles. The molecular formula is C11H10BrFN4. The van der Waals surface area contributed by atoms with Gasteiger partial charge in [0.1, 0.15) is 23.8 Å². The molecule has 0 radical (unpaired) electrons. The van der Waals surface area contributed by atoms with E-state index in [1.54, 1.807) is 12.1 Å². The highest BCUT2D eigenvalue weighted by molar-refractivity contribution is 9.10. The average Bonchev–Trinajstić information content (AvgIpc) is 2.26. The number of rotatable bonds is 2. The highest BCUT2D eigenvalue weighted by atomic mass is 79.9. The molecule has 0 amide bonds. The molecule has 2 rings (SSSR count). The van der Waals surface area contributed by atoms with Crippen molar-refractivity contribution < 1.29 is 4.39 Å². The fraction of sp³-hybridized carbons (Fsp3) is 0.0909. The Labute approximate surface area is 106 Å². The third-order valence-corrected chi connectivity index (χ3v) is 2.83. The molecular weight excluding hydrogens is 287 g/mol. The summed E-state index contributed by atoms with van der Waals surface area (Å²) in [5.41, 5.74) is 7.07. The standard InChI is InChI=1S/C11H10BrFN4/c1-6-2-7(12)8(13)3-9(6)17-11-4-10(14)15-5-16-11/h2-5H,1H3,(H3,14,15,16,17). The first-order valence-electron chi connectivity index (χ1n) is 4.86. The maximum atomic E-state index is 13.4. The monoisotopic (exact) mass is 296 g/mol. The molecule has 0 atom stereocenters. The molecule has 0 aliphatic carbocycles. The fourth-order valence-electron chi connectivity index (χ4n) is 1.36. The second-order valence-corrected chi connectivity index (χ2v) is 4.39. The van der Waals surface area contributed by atoms with Gasteiger partial charge in [-0.05, 0) is 40.5 Å². The van der Waals surface area contributed by atoms with E-state index in [0.717, 1.165) is 5.56 Å². The van der Waals surface area contributed by atoms with E-state index in [1.165, 1.54) is 12.4 Å². The van der Waals surface area contributed by atoms with Crippen LogP contribution in [0.5, 0.6) is 0 Å². The second-order valence-electron chi connectivity index (χ2n) is 3.53. The van der Waals surface area contributed by atoms with E-state index in [2.05, 4.69) is 31.2 Å². The molecule has 0 aliphatic rings. The fourth-order valence-corrected chi connectivity index (χ4v) is 1.82. The Morgan fingerprint density at radius 2 is 2.06 bits per heavy atom. The number of nitrogen functional groups attached to an aromatic ring is 1. The van der Waals surface area contributed by atoms with Crippen molar-refractivity contribution in [3.05, 3.63) is 40.4 Å². The van der Waals surface area contributed by atoms with Gasteiger partial charge < -0.3 is 11.1 Å². The van der Waals surface area contributed by atoms with Gasteiger partial charge in [0.25, 0.3) is 0 Å². The van der Waals surface area contributed by atoms with Gasteiger partial charge in [-0.15, -0.1) is 0 Å². The molecule has 1 aromatic carbocycles. The third-order valence-electron chi connectivity index (χ3n) is 2.22. The van der Waals surface area contributed by atoms with Crippen molar-refractivity contribution in [2.75, 3.05) is 11.1 Å². The zero-order valence-corrected chi connectivity index (χ0v) is 10.6. The van der Waals surface area contributed by atoms with E-state index in [4.69, 9.17) is 5.73 Å². The Morgan fingerprint density at radius 3 is 2.76 bits per heavy atom. The average molecular weight is 297 g/mol. The highest BCUT2D eigenvalue weighted by Crippen LogP contribution is 2.26. The van der Waals surface area contributed by atoms with Crippen LogP contribution in [0.25, 0.3) is 0 Å². The van der Waals surface area contributed by atoms with Gasteiger partial charge in [-0.25, -0.2) is 14.4 Å². The highest BCUT2D eigenvalue weighted by Gasteiger charge is 2.06. The summed E-state index contributed by atoms with van der Waals surface area (Å²) in [6.07, 6.45) is 1.35. The van der Waals surface area contributed by atoms with Crippen LogP contribution in [0.2, 0.25) is 0 Å². The lowest BCUT2D eigenvalue weighted by Crippen LogP contribution is -1.99. The lowest BCUT2D eigenvalue weighted by Gasteiger charge is -2.09. The van der Waals surface area contributed by atoms with E-state index < -0.39 is 0 Å². The first-order chi connectivity index (χ1) is 8.06. The van der Waals surface area contributed by atoms with Gasteiger partial charge >= 0.3 is 0 Å². The van der Waals surface area contributed by atoms with Crippen molar-refractivity contribution in [2.24, 2.45) is 0 Å². The van der Waals surface area contributed by atoms with E-state index in [-0.39, 0.29) is 5.82 Å². The van der Waals surface area contributed by atoms with Gasteiger partial charge in [-0.1, -0.05) is 0 Å². The van der Waals surface area contributed by atoms with E-state index in [9.17, 15) is 4.39 Å². The maximum absolute atomic E-state index is 13.4. The molecule has 4 nitrogen and oxygen atoms in total. The number of benzene rings is 1. The van der Waals surface area contributed by atoms with Crippen molar-refractivity contribution in [3.8, 4) is 0 Å². The van der Waals surface area contributed by atoms with Crippen molar-refractivity contribution >= 4 is 33.3 Å². The van der Waals surface area contributed by atoms with Crippen LogP contribution >= 0.6 is 15.9 Å². The van der Waals surface area contributed by atoms with Gasteiger partial charge in [0.15, 0.2) is 0 Å². The molecule has 1 heterocycles.